The van der Waals surface area contributed by atoms with Gasteiger partial charge in [0.2, 0.25) is 100 Å². The number of hydrogen-bond acceptors (Lipinski definition) is 27. The van der Waals surface area contributed by atoms with Crippen LogP contribution in [-0.4, -0.2) is 308 Å². The number of carboxylic acids is 3. The zero-order valence-corrected chi connectivity index (χ0v) is 81.0. The molecule has 6 aromatic rings. The van der Waals surface area contributed by atoms with Crippen LogP contribution < -0.4 is 96.5 Å². The average Bonchev–Trinajstić information content (AvgIpc) is 1.64. The molecule has 19 atom stereocenters. The van der Waals surface area contributed by atoms with Gasteiger partial charge in [0.05, 0.1) is 44.2 Å². The number of carboxylic acid groups (broad SMARTS) is 3. The first-order valence-corrected chi connectivity index (χ1v) is 48.1. The molecule has 6 rings (SSSR count). The molecule has 3 heterocycles. The Labute approximate surface area is 819 Å². The minimum atomic E-state index is -1.93. The minimum Gasteiger partial charge on any atom is -0.481 e. The Hall–Kier alpha value is -14.4. The molecule has 3 aromatic carbocycles. The maximum absolute atomic E-state index is 15.2. The summed E-state index contributed by atoms with van der Waals surface area (Å²) in [5.74, 6) is -23.6. The van der Waals surface area contributed by atoms with Crippen LogP contribution in [0.3, 0.4) is 0 Å². The molecule has 0 aliphatic rings. The Morgan fingerprint density at radius 2 is 0.738 bits per heavy atom. The third-order valence-electron chi connectivity index (χ3n) is 22.5. The molecular weight excluding hydrogens is 1880 g/mol. The first-order valence-electron chi connectivity index (χ1n) is 45.3. The van der Waals surface area contributed by atoms with E-state index in [1.165, 1.54) is 76.3 Å². The number of hydrogen-bond donors (Lipinski definition) is 26. The average molecular weight is 2010 g/mol. The smallest absolute Gasteiger partial charge is 0.326 e. The molecule has 0 bridgehead atoms. The highest BCUT2D eigenvalue weighted by Gasteiger charge is 2.42. The number of aromatic nitrogens is 5. The van der Waals surface area contributed by atoms with Gasteiger partial charge in [-0.3, -0.25) is 91.1 Å². The van der Waals surface area contributed by atoms with Crippen LogP contribution in [0.1, 0.15) is 128 Å². The second-order valence-electron chi connectivity index (χ2n) is 34.0. The summed E-state index contributed by atoms with van der Waals surface area (Å²) in [6.07, 6.45) is 1.64. The van der Waals surface area contributed by atoms with Crippen molar-refractivity contribution in [3.63, 3.8) is 0 Å². The van der Waals surface area contributed by atoms with Gasteiger partial charge in [0.1, 0.15) is 96.7 Å². The Bertz CT molecular complexity index is 5270. The van der Waals surface area contributed by atoms with Gasteiger partial charge >= 0.3 is 17.9 Å². The summed E-state index contributed by atoms with van der Waals surface area (Å²) < 4.78 is 0. The molecule has 48 nitrogen and oxygen atoms in total. The van der Waals surface area contributed by atoms with Crippen molar-refractivity contribution in [2.45, 2.75) is 241 Å². The van der Waals surface area contributed by atoms with E-state index in [0.717, 1.165) is 13.8 Å². The van der Waals surface area contributed by atoms with Gasteiger partial charge in [0, 0.05) is 79.4 Å². The highest BCUT2D eigenvalue weighted by molar-refractivity contribution is 7.98. The summed E-state index contributed by atoms with van der Waals surface area (Å²) in [5, 5.41) is 92.4. The third-order valence-corrected chi connectivity index (χ3v) is 23.7. The van der Waals surface area contributed by atoms with E-state index in [1.54, 1.807) is 117 Å². The Morgan fingerprint density at radius 1 is 0.376 bits per heavy atom. The molecule has 0 radical (unpaired) electrons. The largest absolute Gasteiger partial charge is 0.481 e. The van der Waals surface area contributed by atoms with Crippen LogP contribution >= 0.6 is 23.5 Å². The van der Waals surface area contributed by atoms with E-state index in [1.807, 2.05) is 0 Å². The number of fused-ring (bicyclic) bond motifs is 1. The molecule has 0 spiro atoms. The number of nitrogens with two attached hydrogens (primary N) is 2. The number of rotatable bonds is 61. The van der Waals surface area contributed by atoms with Gasteiger partial charge in [-0.05, 0) is 106 Å². The molecule has 141 heavy (non-hydrogen) atoms. The lowest BCUT2D eigenvalue weighted by Crippen LogP contribution is -2.63. The number of nitrogens with zero attached hydrogens (tertiary/aromatic N) is 2. The molecule has 768 valence electrons. The van der Waals surface area contributed by atoms with Gasteiger partial charge in [-0.25, -0.2) is 14.8 Å². The van der Waals surface area contributed by atoms with E-state index in [4.69, 9.17) is 11.5 Å². The van der Waals surface area contributed by atoms with E-state index >= 15 is 9.59 Å². The van der Waals surface area contributed by atoms with Crippen molar-refractivity contribution >= 4 is 153 Å². The molecule has 0 saturated heterocycles. The number of amides is 17. The van der Waals surface area contributed by atoms with Crippen molar-refractivity contribution in [3.8, 4) is 0 Å². The second kappa shape index (κ2) is 57.8. The van der Waals surface area contributed by atoms with Gasteiger partial charge in [0.25, 0.3) is 0 Å². The summed E-state index contributed by atoms with van der Waals surface area (Å²) >= 11 is 2.50. The van der Waals surface area contributed by atoms with Crippen molar-refractivity contribution in [2.75, 3.05) is 30.6 Å². The number of thioether (sulfide) groups is 2. The zero-order valence-electron chi connectivity index (χ0n) is 79.4. The van der Waals surface area contributed by atoms with Crippen molar-refractivity contribution in [2.24, 2.45) is 23.3 Å². The van der Waals surface area contributed by atoms with Crippen LogP contribution in [0.4, 0.5) is 0 Å². The second-order valence-corrected chi connectivity index (χ2v) is 36.0. The Kier molecular flexibility index (Phi) is 47.3. The molecule has 3 aromatic heterocycles. The number of imidazole rings is 2. The first kappa shape index (κ1) is 115. The number of primary amides is 1. The minimum absolute atomic E-state index is 0.107. The number of aromatic amines is 3. The molecule has 28 N–H and O–H groups in total. The Balaban J connectivity index is 1.21. The number of aliphatic hydroxyl groups is 2. The summed E-state index contributed by atoms with van der Waals surface area (Å²) in [6.45, 7) is 10.6. The highest BCUT2D eigenvalue weighted by atomic mass is 32.2. The van der Waals surface area contributed by atoms with Gasteiger partial charge < -0.3 is 137 Å². The molecule has 17 amide bonds. The lowest BCUT2D eigenvalue weighted by molar-refractivity contribution is -0.142. The van der Waals surface area contributed by atoms with Crippen LogP contribution in [0, 0.1) is 11.8 Å². The van der Waals surface area contributed by atoms with Crippen LogP contribution in [0.5, 0.6) is 0 Å². The number of carbonyl (C=O) groups excluding carboxylic acids is 17. The number of para-hydroxylation sites is 1. The summed E-state index contributed by atoms with van der Waals surface area (Å²) in [5.41, 5.74) is 13.3. The van der Waals surface area contributed by atoms with Crippen LogP contribution in [0.25, 0.3) is 10.9 Å². The number of aliphatic carboxylic acids is 3. The van der Waals surface area contributed by atoms with E-state index in [-0.39, 0.29) is 74.3 Å². The molecular formula is C91H127N23O25S2. The van der Waals surface area contributed by atoms with Crippen LogP contribution in [0.2, 0.25) is 0 Å². The van der Waals surface area contributed by atoms with E-state index < -0.39 is 271 Å². The molecule has 0 saturated carbocycles. The standard InChI is InChI=1S/C91H127N23O25S2/c1-11-46(4)73(88(135)103-60(29-31-141-10)79(126)101-58(26-27-70(119)120)78(125)109-65(37-68(93)117)83(130)110-67(91(138)139)36-55-42-95-44-98-55)112-90(137)75(50(8)116)114-86(133)63(34-53-40-96-57-25-19-18-24-56(53)57)107-81(128)61(32-51-20-14-12-15-21-51)104-77(124)48(6)100-87(134)72(45(2)3)111-89(136)74(49(7)115)113-85(132)62(33-52-22-16-13-17-23-52)106-80(127)59(28-30-140-9)102-82(129)64(35-54-41-94-43-97-54)108-84(131)66(38-71(121)122)105-76(123)47(5)99-69(118)39-92/h12-25,40-50,58-67,72-75,96,115-116H,11,26-39,92H2,1-10H3,(H2,93,117)(H,94,97)(H,95,98)(H,99,118)(H,100,134)(H,101,126)(H,102,129)(H,103,135)(H,104,124)(H,105,123)(H,106,127)(H,107,128)(H,108,131)(H,109,125)(H,110,130)(H,111,136)(H,112,137)(H,113,132)(H,114,133)(H,119,120)(H,121,122)(H,138,139)/t46-,47-,48-,49+,50+,58-,59-,60-,61-,62-,63-,64-,65-,66-,67-,72-,73-,74-,75-/m0/s1. The molecule has 0 aliphatic carbocycles. The third kappa shape index (κ3) is 38.0. The topological polar surface area (TPSA) is 760 Å². The highest BCUT2D eigenvalue weighted by Crippen LogP contribution is 2.22. The molecule has 0 unspecified atom stereocenters. The fourth-order valence-electron chi connectivity index (χ4n) is 14.4. The van der Waals surface area contributed by atoms with Crippen LogP contribution in [0.15, 0.2) is 116 Å². The lowest BCUT2D eigenvalue weighted by Gasteiger charge is -2.30. The Morgan fingerprint density at radius 3 is 1.17 bits per heavy atom. The lowest BCUT2D eigenvalue weighted by atomic mass is 9.96. The SMILES string of the molecule is CC[C@H](C)[C@H](NC(=O)[C@@H](NC(=O)[C@H](Cc1c[nH]c2ccccc12)NC(=O)[C@H](Cc1ccccc1)NC(=O)[C@H](C)NC(=O)[C@@H](NC(=O)[C@@H](NC(=O)[C@H](Cc1ccccc1)NC(=O)[C@H](CCSC)NC(=O)[C@H](Cc1cnc[nH]1)NC(=O)[C@H](CC(=O)O)NC(=O)[C@H](C)NC(=O)CN)[C@@H](C)O)C(C)C)[C@@H](C)O)C(=O)N[C@@H](CCSC)C(=O)N[C@@H](CCC(=O)O)C(=O)N[C@@H](CC(N)=O)C(=O)N[C@@H](Cc1cnc[nH]1)C(=O)O. The molecule has 0 fully saturated rings. The number of aliphatic hydroxyl groups excluding tert-OH is 2. The predicted molar refractivity (Wildman–Crippen MR) is 512 cm³/mol. The van der Waals surface area contributed by atoms with E-state index in [2.05, 4.69) is 110 Å². The summed E-state index contributed by atoms with van der Waals surface area (Å²) in [7, 11) is 0. The van der Waals surface area contributed by atoms with E-state index in [0.29, 0.717) is 27.6 Å². The molecule has 0 aliphatic heterocycles. The van der Waals surface area contributed by atoms with Gasteiger partial charge in [-0.1, -0.05) is 113 Å². The fourth-order valence-corrected chi connectivity index (χ4v) is 15.3. The molecule has 50 heteroatoms. The number of carbonyl (C=O) groups is 20. The van der Waals surface area contributed by atoms with Crippen molar-refractivity contribution in [1.29, 1.82) is 0 Å². The van der Waals surface area contributed by atoms with Crippen molar-refractivity contribution in [1.82, 2.24) is 110 Å². The van der Waals surface area contributed by atoms with E-state index in [9.17, 15) is 112 Å². The van der Waals surface area contributed by atoms with Gasteiger partial charge in [0.15, 0.2) is 0 Å². The van der Waals surface area contributed by atoms with Gasteiger partial charge in [-0.2, -0.15) is 23.5 Å². The van der Waals surface area contributed by atoms with Crippen molar-refractivity contribution in [3.05, 3.63) is 144 Å². The number of benzene rings is 3. The number of nitrogens with one attached hydrogen (secondary N) is 19. The van der Waals surface area contributed by atoms with Crippen LogP contribution in [-0.2, 0) is 128 Å². The maximum atomic E-state index is 15.2. The summed E-state index contributed by atoms with van der Waals surface area (Å²) in [4.78, 5) is 294. The number of H-pyrrole nitrogens is 3. The van der Waals surface area contributed by atoms with Crippen molar-refractivity contribution < 1.29 is 121 Å². The first-order chi connectivity index (χ1) is 66.8. The monoisotopic (exact) mass is 2010 g/mol. The summed E-state index contributed by atoms with van der Waals surface area (Å²) in [6, 6.07) is -3.14. The maximum Gasteiger partial charge on any atom is 0.326 e. The normalized spacial score (nSPS) is 15.2. The fraction of sp³-hybridized carbons (Fsp3) is 0.495. The zero-order chi connectivity index (χ0) is 104. The van der Waals surface area contributed by atoms with Gasteiger partial charge in [-0.15, -0.1) is 0 Å². The quantitative estimate of drug-likeness (QED) is 0.0170. The predicted octanol–water partition coefficient (Wildman–Crippen LogP) is -4.85.